The SMILES string of the molecule is CN=CC(=CN)c1ccc2c(c1)C(Nc1cccc(CN(C)C)c1)CCN1NNC(C)=C21. The number of rotatable bonds is 6. The third-order valence-electron chi connectivity index (χ3n) is 5.87. The first-order valence-corrected chi connectivity index (χ1v) is 11.0. The lowest BCUT2D eigenvalue weighted by atomic mass is 9.92. The fourth-order valence-corrected chi connectivity index (χ4v) is 4.47. The first-order chi connectivity index (χ1) is 15.5. The molecule has 0 aliphatic carbocycles. The highest BCUT2D eigenvalue weighted by molar-refractivity contribution is 6.09. The van der Waals surface area contributed by atoms with Crippen LogP contribution < -0.4 is 22.0 Å². The van der Waals surface area contributed by atoms with Crippen molar-refractivity contribution in [2.24, 2.45) is 10.7 Å². The lowest BCUT2D eigenvalue weighted by Crippen LogP contribution is -2.37. The van der Waals surface area contributed by atoms with Gasteiger partial charge in [0.15, 0.2) is 0 Å². The third-order valence-corrected chi connectivity index (χ3v) is 5.87. The minimum absolute atomic E-state index is 0.157. The maximum atomic E-state index is 5.91. The quantitative estimate of drug-likeness (QED) is 0.526. The normalized spacial score (nSPS) is 18.6. The molecule has 168 valence electrons. The Morgan fingerprint density at radius 2 is 2.12 bits per heavy atom. The molecule has 0 saturated carbocycles. The Bertz CT molecular complexity index is 1070. The lowest BCUT2D eigenvalue weighted by Gasteiger charge is -2.22. The van der Waals surface area contributed by atoms with Crippen LogP contribution in [-0.2, 0) is 6.54 Å². The lowest BCUT2D eigenvalue weighted by molar-refractivity contribution is 0.281. The van der Waals surface area contributed by atoms with Crippen molar-refractivity contribution in [3.05, 3.63) is 76.6 Å². The van der Waals surface area contributed by atoms with Crippen molar-refractivity contribution in [2.75, 3.05) is 33.0 Å². The highest BCUT2D eigenvalue weighted by Gasteiger charge is 2.30. The van der Waals surface area contributed by atoms with E-state index in [1.807, 2.05) is 0 Å². The molecule has 7 nitrogen and oxygen atoms in total. The smallest absolute Gasteiger partial charge is 0.0814 e. The van der Waals surface area contributed by atoms with E-state index in [0.29, 0.717) is 0 Å². The second-order valence-corrected chi connectivity index (χ2v) is 8.60. The van der Waals surface area contributed by atoms with Crippen LogP contribution in [0, 0.1) is 0 Å². The average Bonchev–Trinajstić information content (AvgIpc) is 3.06. The molecule has 4 rings (SSSR count). The van der Waals surface area contributed by atoms with Crippen molar-refractivity contribution in [3.8, 4) is 0 Å². The molecular weight excluding hydrogens is 398 g/mol. The van der Waals surface area contributed by atoms with Gasteiger partial charge < -0.3 is 21.4 Å². The fraction of sp³-hybridized carbons (Fsp3) is 0.320. The first-order valence-electron chi connectivity index (χ1n) is 11.0. The molecule has 0 spiro atoms. The van der Waals surface area contributed by atoms with Gasteiger partial charge in [-0.2, -0.15) is 0 Å². The number of nitrogens with zero attached hydrogens (tertiary/aromatic N) is 3. The van der Waals surface area contributed by atoms with Crippen LogP contribution >= 0.6 is 0 Å². The Kier molecular flexibility index (Phi) is 6.48. The predicted octanol–water partition coefficient (Wildman–Crippen LogP) is 3.32. The van der Waals surface area contributed by atoms with Crippen molar-refractivity contribution < 1.29 is 0 Å². The van der Waals surface area contributed by atoms with Gasteiger partial charge in [0.25, 0.3) is 0 Å². The van der Waals surface area contributed by atoms with Gasteiger partial charge in [-0.05, 0) is 62.3 Å². The van der Waals surface area contributed by atoms with E-state index < -0.39 is 0 Å². The second-order valence-electron chi connectivity index (χ2n) is 8.60. The van der Waals surface area contributed by atoms with Crippen molar-refractivity contribution in [3.63, 3.8) is 0 Å². The molecule has 0 aromatic heterocycles. The Morgan fingerprint density at radius 3 is 2.88 bits per heavy atom. The van der Waals surface area contributed by atoms with E-state index in [0.717, 1.165) is 42.0 Å². The zero-order valence-electron chi connectivity index (χ0n) is 19.3. The molecule has 2 aliphatic heterocycles. The summed E-state index contributed by atoms with van der Waals surface area (Å²) in [7, 11) is 5.95. The van der Waals surface area contributed by atoms with E-state index in [4.69, 9.17) is 5.73 Å². The van der Waals surface area contributed by atoms with E-state index >= 15 is 0 Å². The molecule has 2 aliphatic rings. The second kappa shape index (κ2) is 9.46. The Morgan fingerprint density at radius 1 is 1.28 bits per heavy atom. The summed E-state index contributed by atoms with van der Waals surface area (Å²) in [6.07, 6.45) is 4.37. The van der Waals surface area contributed by atoms with Crippen LogP contribution in [0.15, 0.2) is 59.4 Å². The van der Waals surface area contributed by atoms with E-state index in [-0.39, 0.29) is 6.04 Å². The molecule has 0 saturated heterocycles. The predicted molar refractivity (Wildman–Crippen MR) is 133 cm³/mol. The summed E-state index contributed by atoms with van der Waals surface area (Å²) >= 11 is 0. The van der Waals surface area contributed by atoms with Gasteiger partial charge in [-0.1, -0.05) is 24.3 Å². The number of aliphatic imine (C=N–C) groups is 1. The van der Waals surface area contributed by atoms with Gasteiger partial charge >= 0.3 is 0 Å². The van der Waals surface area contributed by atoms with Crippen molar-refractivity contribution in [2.45, 2.75) is 25.9 Å². The molecule has 2 aromatic rings. The van der Waals surface area contributed by atoms with Crippen molar-refractivity contribution >= 4 is 23.2 Å². The summed E-state index contributed by atoms with van der Waals surface area (Å²) in [5.74, 6) is 0. The summed E-state index contributed by atoms with van der Waals surface area (Å²) in [5.41, 5.74) is 21.7. The summed E-state index contributed by atoms with van der Waals surface area (Å²) in [4.78, 5) is 6.35. The van der Waals surface area contributed by atoms with Crippen molar-refractivity contribution in [1.82, 2.24) is 20.9 Å². The highest BCUT2D eigenvalue weighted by atomic mass is 15.7. The van der Waals surface area contributed by atoms with Crippen LogP contribution in [0.5, 0.6) is 0 Å². The molecule has 0 radical (unpaired) electrons. The Balaban J connectivity index is 1.76. The van der Waals surface area contributed by atoms with Gasteiger partial charge in [0.2, 0.25) is 0 Å². The van der Waals surface area contributed by atoms with Crippen LogP contribution in [0.3, 0.4) is 0 Å². The number of allylic oxidation sites excluding steroid dienone is 2. The third kappa shape index (κ3) is 4.49. The molecule has 0 amide bonds. The molecular formula is C25H33N7. The molecule has 2 aromatic carbocycles. The van der Waals surface area contributed by atoms with Gasteiger partial charge in [-0.3, -0.25) is 10.0 Å². The van der Waals surface area contributed by atoms with E-state index in [1.54, 1.807) is 19.5 Å². The van der Waals surface area contributed by atoms with Gasteiger partial charge in [-0.25, -0.2) is 0 Å². The number of fused-ring (bicyclic) bond motifs is 3. The molecule has 32 heavy (non-hydrogen) atoms. The van der Waals surface area contributed by atoms with Gasteiger partial charge in [0.1, 0.15) is 0 Å². The molecule has 0 bridgehead atoms. The molecule has 2 heterocycles. The monoisotopic (exact) mass is 431 g/mol. The number of nitrogens with two attached hydrogens (primary N) is 1. The zero-order chi connectivity index (χ0) is 22.7. The number of hydrogen-bond donors (Lipinski definition) is 4. The number of hydrogen-bond acceptors (Lipinski definition) is 7. The van der Waals surface area contributed by atoms with Crippen LogP contribution in [0.25, 0.3) is 11.3 Å². The fourth-order valence-electron chi connectivity index (χ4n) is 4.47. The minimum Gasteiger partial charge on any atom is -0.404 e. The number of hydrazine groups is 2. The summed E-state index contributed by atoms with van der Waals surface area (Å²) in [6, 6.07) is 15.4. The van der Waals surface area contributed by atoms with Crippen molar-refractivity contribution in [1.29, 1.82) is 0 Å². The van der Waals surface area contributed by atoms with E-state index in [9.17, 15) is 0 Å². The molecule has 1 atom stereocenters. The maximum absolute atomic E-state index is 5.91. The van der Waals surface area contributed by atoms with Crippen LogP contribution in [0.2, 0.25) is 0 Å². The van der Waals surface area contributed by atoms with Crippen LogP contribution in [-0.4, -0.2) is 43.8 Å². The zero-order valence-corrected chi connectivity index (χ0v) is 19.3. The topological polar surface area (TPSA) is 81.0 Å². The number of benzene rings is 2. The number of anilines is 1. The summed E-state index contributed by atoms with van der Waals surface area (Å²) in [5, 5.41) is 6.01. The molecule has 5 N–H and O–H groups in total. The van der Waals surface area contributed by atoms with E-state index in [1.165, 1.54) is 22.4 Å². The molecule has 7 heteroatoms. The van der Waals surface area contributed by atoms with Crippen LogP contribution in [0.1, 0.15) is 41.6 Å². The van der Waals surface area contributed by atoms with Crippen LogP contribution in [0.4, 0.5) is 5.69 Å². The Hall–Kier alpha value is -3.29. The standard InChI is InChI=1S/C25H33N7/c1-17-25-22-9-8-19(20(14-26)15-27-2)13-23(22)24(10-11-32(25)30-29-17)28-21-7-5-6-18(12-21)16-31(3)4/h5-9,12-15,24,28-30H,10-11,16,26H2,1-4H3. The summed E-state index contributed by atoms with van der Waals surface area (Å²) in [6.45, 7) is 3.90. The van der Waals surface area contributed by atoms with Gasteiger partial charge in [-0.15, -0.1) is 5.53 Å². The number of nitrogens with one attached hydrogen (secondary N) is 3. The molecule has 0 fully saturated rings. The average molecular weight is 432 g/mol. The van der Waals surface area contributed by atoms with Gasteiger partial charge in [0, 0.05) is 49.4 Å². The molecule has 1 unspecified atom stereocenters. The van der Waals surface area contributed by atoms with Gasteiger partial charge in [0.05, 0.1) is 17.4 Å². The Labute approximate surface area is 190 Å². The minimum atomic E-state index is 0.157. The highest BCUT2D eigenvalue weighted by Crippen LogP contribution is 2.38. The largest absolute Gasteiger partial charge is 0.404 e. The van der Waals surface area contributed by atoms with E-state index in [2.05, 4.69) is 94.7 Å². The summed E-state index contributed by atoms with van der Waals surface area (Å²) < 4.78 is 0. The first kappa shape index (κ1) is 21.9. The maximum Gasteiger partial charge on any atom is 0.0814 e.